The molecule has 0 aromatic carbocycles. The Kier molecular flexibility index (Phi) is 10.9. The summed E-state index contributed by atoms with van der Waals surface area (Å²) in [7, 11) is 0. The summed E-state index contributed by atoms with van der Waals surface area (Å²) in [4.78, 5) is 74.8. The Balaban J connectivity index is 2.85. The van der Waals surface area contributed by atoms with Crippen molar-refractivity contribution in [1.82, 2.24) is 26.2 Å². The van der Waals surface area contributed by atoms with Gasteiger partial charge in [-0.25, -0.2) is 0 Å². The minimum Gasteiger partial charge on any atom is -0.368 e. The Bertz CT molecular complexity index is 799. The maximum absolute atomic E-state index is 13.0. The Hall–Kier alpha value is -3.18. The molecule has 0 radical (unpaired) electrons. The Morgan fingerprint density at radius 1 is 0.853 bits per heavy atom. The lowest BCUT2D eigenvalue weighted by Gasteiger charge is -2.29. The van der Waals surface area contributed by atoms with Gasteiger partial charge in [0, 0.05) is 13.5 Å². The van der Waals surface area contributed by atoms with Crippen molar-refractivity contribution in [3.8, 4) is 0 Å². The highest BCUT2D eigenvalue weighted by molar-refractivity contribution is 5.96. The van der Waals surface area contributed by atoms with Gasteiger partial charge in [0.05, 0.1) is 6.54 Å². The molecule has 192 valence electrons. The molecule has 0 saturated carbocycles. The first-order chi connectivity index (χ1) is 15.8. The summed E-state index contributed by atoms with van der Waals surface area (Å²) in [6.45, 7) is 9.96. The maximum Gasteiger partial charge on any atom is 0.243 e. The van der Waals surface area contributed by atoms with Gasteiger partial charge >= 0.3 is 0 Å². The normalized spacial score (nSPS) is 18.1. The third-order valence-corrected chi connectivity index (χ3v) is 5.64. The van der Waals surface area contributed by atoms with Gasteiger partial charge in [0.1, 0.15) is 24.2 Å². The highest BCUT2D eigenvalue weighted by Crippen LogP contribution is 2.18. The predicted octanol–water partition coefficient (Wildman–Crippen LogP) is -1.61. The summed E-state index contributed by atoms with van der Waals surface area (Å²) in [6.07, 6.45) is 1.22. The van der Waals surface area contributed by atoms with Gasteiger partial charge in [-0.05, 0) is 31.6 Å². The van der Waals surface area contributed by atoms with Gasteiger partial charge < -0.3 is 31.9 Å². The number of nitrogens with zero attached hydrogens (tertiary/aromatic N) is 1. The molecule has 12 heteroatoms. The minimum absolute atomic E-state index is 0.200. The van der Waals surface area contributed by atoms with E-state index < -0.39 is 53.7 Å². The van der Waals surface area contributed by atoms with Crippen LogP contribution in [0.5, 0.6) is 0 Å². The highest BCUT2D eigenvalue weighted by Gasteiger charge is 2.36. The van der Waals surface area contributed by atoms with Crippen LogP contribution in [0.3, 0.4) is 0 Å². The number of rotatable bonds is 11. The largest absolute Gasteiger partial charge is 0.368 e. The van der Waals surface area contributed by atoms with Gasteiger partial charge in [0.25, 0.3) is 0 Å². The van der Waals surface area contributed by atoms with Gasteiger partial charge in [-0.2, -0.15) is 0 Å². The molecular weight excluding hydrogens is 444 g/mol. The molecule has 1 fully saturated rings. The maximum atomic E-state index is 13.0. The number of nitrogens with two attached hydrogens (primary N) is 1. The van der Waals surface area contributed by atoms with Crippen molar-refractivity contribution in [3.63, 3.8) is 0 Å². The van der Waals surface area contributed by atoms with E-state index in [-0.39, 0.29) is 24.3 Å². The standard InChI is InChI=1S/C22H38N6O6/c1-11(2)17(21(33)25-13(5)19(31)24-10-16(23)30)27-22(34)18(12(3)4)26-20(32)15-8-7-9-28(15)14(6)29/h11-13,15,17-18H,7-10H2,1-6H3,(H2,23,30)(H,24,31)(H,25,33)(H,26,32)(H,27,34)/t13-,15-,17-,18-/m0/s1. The summed E-state index contributed by atoms with van der Waals surface area (Å²) in [6, 6.07) is -3.49. The number of nitrogens with one attached hydrogen (secondary N) is 4. The second-order valence-electron chi connectivity index (χ2n) is 9.25. The minimum atomic E-state index is -0.975. The van der Waals surface area contributed by atoms with Gasteiger partial charge in [0.2, 0.25) is 35.4 Å². The molecule has 6 N–H and O–H groups in total. The molecule has 1 heterocycles. The van der Waals surface area contributed by atoms with E-state index in [0.717, 1.165) is 0 Å². The fourth-order valence-electron chi connectivity index (χ4n) is 3.67. The average Bonchev–Trinajstić information content (AvgIpc) is 3.23. The number of amides is 6. The van der Waals surface area contributed by atoms with Crippen LogP contribution in [0.4, 0.5) is 0 Å². The van der Waals surface area contributed by atoms with Gasteiger partial charge in [-0.15, -0.1) is 0 Å². The topological polar surface area (TPSA) is 180 Å². The van der Waals surface area contributed by atoms with Gasteiger partial charge in [-0.1, -0.05) is 27.7 Å². The van der Waals surface area contributed by atoms with Crippen molar-refractivity contribution in [2.24, 2.45) is 17.6 Å². The quantitative estimate of drug-likeness (QED) is 0.236. The first kappa shape index (κ1) is 28.9. The fraction of sp³-hybridized carbons (Fsp3) is 0.727. The zero-order chi connectivity index (χ0) is 26.2. The number of likely N-dealkylation sites (tertiary alicyclic amines) is 1. The molecule has 6 amide bonds. The number of hydrogen-bond donors (Lipinski definition) is 5. The Labute approximate surface area is 200 Å². The zero-order valence-corrected chi connectivity index (χ0v) is 20.8. The lowest BCUT2D eigenvalue weighted by atomic mass is 9.99. The molecule has 0 aromatic heterocycles. The van der Waals surface area contributed by atoms with Gasteiger partial charge in [-0.3, -0.25) is 28.8 Å². The fourth-order valence-corrected chi connectivity index (χ4v) is 3.67. The van der Waals surface area contributed by atoms with E-state index in [9.17, 15) is 28.8 Å². The molecule has 34 heavy (non-hydrogen) atoms. The molecule has 4 atom stereocenters. The van der Waals surface area contributed by atoms with Crippen LogP contribution < -0.4 is 27.0 Å². The Morgan fingerprint density at radius 3 is 1.88 bits per heavy atom. The third kappa shape index (κ3) is 8.31. The number of carbonyl (C=O) groups excluding carboxylic acids is 6. The molecule has 12 nitrogen and oxygen atoms in total. The summed E-state index contributed by atoms with van der Waals surface area (Å²) >= 11 is 0. The summed E-state index contributed by atoms with van der Waals surface area (Å²) in [5.74, 6) is -3.67. The SMILES string of the molecule is CC(=O)N1CCC[C@H]1C(=O)N[C@H](C(=O)N[C@H](C(=O)N[C@@H](C)C(=O)NCC(N)=O)C(C)C)C(C)C. The van der Waals surface area contributed by atoms with Crippen LogP contribution in [0.2, 0.25) is 0 Å². The summed E-state index contributed by atoms with van der Waals surface area (Å²) in [5, 5.41) is 10.2. The molecular formula is C22H38N6O6. The molecule has 1 aliphatic heterocycles. The predicted molar refractivity (Wildman–Crippen MR) is 124 cm³/mol. The van der Waals surface area contributed by atoms with E-state index in [1.165, 1.54) is 18.7 Å². The van der Waals surface area contributed by atoms with Crippen LogP contribution in [-0.2, 0) is 28.8 Å². The first-order valence-electron chi connectivity index (χ1n) is 11.5. The van der Waals surface area contributed by atoms with Crippen molar-refractivity contribution in [1.29, 1.82) is 0 Å². The number of carbonyl (C=O) groups is 6. The molecule has 0 spiro atoms. The molecule has 1 rings (SSSR count). The number of primary amides is 1. The molecule has 0 bridgehead atoms. The second kappa shape index (κ2) is 12.9. The molecule has 0 unspecified atom stereocenters. The summed E-state index contributed by atoms with van der Waals surface area (Å²) in [5.41, 5.74) is 5.00. The average molecular weight is 483 g/mol. The lowest BCUT2D eigenvalue weighted by molar-refractivity contribution is -0.139. The molecule has 1 saturated heterocycles. The van der Waals surface area contributed by atoms with Crippen molar-refractivity contribution in [2.75, 3.05) is 13.1 Å². The highest BCUT2D eigenvalue weighted by atomic mass is 16.2. The van der Waals surface area contributed by atoms with E-state index in [1.807, 2.05) is 0 Å². The van der Waals surface area contributed by atoms with E-state index in [0.29, 0.717) is 19.4 Å². The van der Waals surface area contributed by atoms with E-state index in [1.54, 1.807) is 27.7 Å². The van der Waals surface area contributed by atoms with Crippen LogP contribution in [0.1, 0.15) is 54.4 Å². The third-order valence-electron chi connectivity index (χ3n) is 5.64. The van der Waals surface area contributed by atoms with Crippen molar-refractivity contribution in [3.05, 3.63) is 0 Å². The summed E-state index contributed by atoms with van der Waals surface area (Å²) < 4.78 is 0. The van der Waals surface area contributed by atoms with E-state index >= 15 is 0 Å². The van der Waals surface area contributed by atoms with Crippen molar-refractivity contribution in [2.45, 2.75) is 78.6 Å². The van der Waals surface area contributed by atoms with Crippen LogP contribution in [0.25, 0.3) is 0 Å². The molecule has 1 aliphatic rings. The van der Waals surface area contributed by atoms with Crippen LogP contribution in [-0.4, -0.2) is 77.6 Å². The van der Waals surface area contributed by atoms with Gasteiger partial charge in [0.15, 0.2) is 0 Å². The van der Waals surface area contributed by atoms with Crippen LogP contribution >= 0.6 is 0 Å². The second-order valence-corrected chi connectivity index (χ2v) is 9.25. The van der Waals surface area contributed by atoms with Crippen LogP contribution in [0.15, 0.2) is 0 Å². The van der Waals surface area contributed by atoms with E-state index in [2.05, 4.69) is 21.3 Å². The monoisotopic (exact) mass is 482 g/mol. The number of hydrogen-bond acceptors (Lipinski definition) is 6. The van der Waals surface area contributed by atoms with Crippen molar-refractivity contribution < 1.29 is 28.8 Å². The first-order valence-corrected chi connectivity index (χ1v) is 11.5. The van der Waals surface area contributed by atoms with Crippen molar-refractivity contribution >= 4 is 35.4 Å². The molecule has 0 aromatic rings. The van der Waals surface area contributed by atoms with Crippen LogP contribution in [0, 0.1) is 11.8 Å². The Morgan fingerprint density at radius 2 is 1.38 bits per heavy atom. The molecule has 0 aliphatic carbocycles. The lowest BCUT2D eigenvalue weighted by Crippen LogP contribution is -2.60. The van der Waals surface area contributed by atoms with E-state index in [4.69, 9.17) is 5.73 Å². The zero-order valence-electron chi connectivity index (χ0n) is 20.8. The smallest absolute Gasteiger partial charge is 0.243 e.